The Morgan fingerprint density at radius 1 is 1.16 bits per heavy atom. The average Bonchev–Trinajstić information content (AvgIpc) is 3.21. The Balaban J connectivity index is 2.20. The standard InChI is InChI=1S/C14H19NO4/c1-17-11-7-4-9(13(18-2)14(11)19-3)8-12(16)15-10-5-6-10/h4,7,10H,5-6,8H2,1-3H3,(H,15,16). The van der Waals surface area contributed by atoms with Crippen LogP contribution in [0.3, 0.4) is 0 Å². The van der Waals surface area contributed by atoms with Crippen LogP contribution in [0.1, 0.15) is 18.4 Å². The number of amides is 1. The zero-order chi connectivity index (χ0) is 13.8. The fourth-order valence-electron chi connectivity index (χ4n) is 1.98. The van der Waals surface area contributed by atoms with Gasteiger partial charge in [-0.2, -0.15) is 0 Å². The van der Waals surface area contributed by atoms with Gasteiger partial charge in [-0.3, -0.25) is 4.79 Å². The van der Waals surface area contributed by atoms with E-state index in [1.807, 2.05) is 6.07 Å². The van der Waals surface area contributed by atoms with E-state index in [0.29, 0.717) is 23.3 Å². The Morgan fingerprint density at radius 3 is 2.37 bits per heavy atom. The third-order valence-corrected chi connectivity index (χ3v) is 3.08. The van der Waals surface area contributed by atoms with Crippen LogP contribution in [0, 0.1) is 0 Å². The number of methoxy groups -OCH3 is 3. The van der Waals surface area contributed by atoms with E-state index in [9.17, 15) is 4.79 Å². The Morgan fingerprint density at radius 2 is 1.84 bits per heavy atom. The highest BCUT2D eigenvalue weighted by atomic mass is 16.5. The Bertz CT molecular complexity index is 469. The molecule has 0 unspecified atom stereocenters. The summed E-state index contributed by atoms with van der Waals surface area (Å²) in [6.07, 6.45) is 2.43. The van der Waals surface area contributed by atoms with Gasteiger partial charge >= 0.3 is 0 Å². The van der Waals surface area contributed by atoms with Crippen LogP contribution < -0.4 is 19.5 Å². The first-order chi connectivity index (χ1) is 9.19. The lowest BCUT2D eigenvalue weighted by atomic mass is 10.1. The van der Waals surface area contributed by atoms with Crippen LogP contribution in [0.4, 0.5) is 0 Å². The summed E-state index contributed by atoms with van der Waals surface area (Å²) >= 11 is 0. The number of rotatable bonds is 6. The molecule has 1 aliphatic rings. The number of hydrogen-bond acceptors (Lipinski definition) is 4. The van der Waals surface area contributed by atoms with Gasteiger partial charge in [0.15, 0.2) is 11.5 Å². The first-order valence-electron chi connectivity index (χ1n) is 6.26. The van der Waals surface area contributed by atoms with Gasteiger partial charge in [0.2, 0.25) is 11.7 Å². The van der Waals surface area contributed by atoms with E-state index in [2.05, 4.69) is 5.32 Å². The topological polar surface area (TPSA) is 56.8 Å². The maximum Gasteiger partial charge on any atom is 0.224 e. The molecule has 1 N–H and O–H groups in total. The van der Waals surface area contributed by atoms with Crippen molar-refractivity contribution in [3.05, 3.63) is 17.7 Å². The molecule has 1 aliphatic carbocycles. The van der Waals surface area contributed by atoms with E-state index in [1.54, 1.807) is 27.4 Å². The zero-order valence-corrected chi connectivity index (χ0v) is 11.5. The Hall–Kier alpha value is -1.91. The normalized spacial score (nSPS) is 13.8. The molecule has 5 nitrogen and oxygen atoms in total. The molecule has 0 heterocycles. The summed E-state index contributed by atoms with van der Waals surface area (Å²) in [5, 5.41) is 2.95. The van der Waals surface area contributed by atoms with Crippen molar-refractivity contribution in [1.82, 2.24) is 5.32 Å². The molecule has 19 heavy (non-hydrogen) atoms. The van der Waals surface area contributed by atoms with Gasteiger partial charge in [0.25, 0.3) is 0 Å². The fraction of sp³-hybridized carbons (Fsp3) is 0.500. The van der Waals surface area contributed by atoms with E-state index >= 15 is 0 Å². The number of nitrogens with one attached hydrogen (secondary N) is 1. The Labute approximate surface area is 112 Å². The van der Waals surface area contributed by atoms with Crippen LogP contribution in [0.15, 0.2) is 12.1 Å². The monoisotopic (exact) mass is 265 g/mol. The van der Waals surface area contributed by atoms with Crippen molar-refractivity contribution in [2.75, 3.05) is 21.3 Å². The average molecular weight is 265 g/mol. The molecule has 5 heteroatoms. The molecule has 1 aromatic carbocycles. The third-order valence-electron chi connectivity index (χ3n) is 3.08. The van der Waals surface area contributed by atoms with Gasteiger partial charge in [0.1, 0.15) is 0 Å². The molecule has 0 saturated heterocycles. The van der Waals surface area contributed by atoms with Crippen molar-refractivity contribution in [3.63, 3.8) is 0 Å². The minimum atomic E-state index is 0.00743. The number of benzene rings is 1. The number of carbonyl (C=O) groups excluding carboxylic acids is 1. The highest BCUT2D eigenvalue weighted by Gasteiger charge is 2.24. The van der Waals surface area contributed by atoms with Crippen molar-refractivity contribution in [2.24, 2.45) is 0 Å². The molecule has 2 rings (SSSR count). The van der Waals surface area contributed by atoms with Gasteiger partial charge in [-0.15, -0.1) is 0 Å². The molecule has 0 bridgehead atoms. The van der Waals surface area contributed by atoms with Gasteiger partial charge in [0.05, 0.1) is 27.8 Å². The second kappa shape index (κ2) is 5.82. The van der Waals surface area contributed by atoms with Crippen molar-refractivity contribution in [2.45, 2.75) is 25.3 Å². The molecular weight excluding hydrogens is 246 g/mol. The summed E-state index contributed by atoms with van der Waals surface area (Å²) in [4.78, 5) is 11.8. The van der Waals surface area contributed by atoms with Crippen LogP contribution in [0.5, 0.6) is 17.2 Å². The van der Waals surface area contributed by atoms with Gasteiger partial charge in [0, 0.05) is 11.6 Å². The molecule has 0 radical (unpaired) electrons. The van der Waals surface area contributed by atoms with E-state index < -0.39 is 0 Å². The Kier molecular flexibility index (Phi) is 4.14. The molecule has 0 spiro atoms. The number of hydrogen-bond donors (Lipinski definition) is 1. The minimum absolute atomic E-state index is 0.00743. The molecular formula is C14H19NO4. The lowest BCUT2D eigenvalue weighted by Gasteiger charge is -2.15. The van der Waals surface area contributed by atoms with E-state index in [4.69, 9.17) is 14.2 Å². The molecule has 0 atom stereocenters. The predicted octanol–water partition coefficient (Wildman–Crippen LogP) is 1.53. The quantitative estimate of drug-likeness (QED) is 0.847. The maximum absolute atomic E-state index is 11.8. The molecule has 1 amide bonds. The van der Waals surface area contributed by atoms with Gasteiger partial charge in [-0.1, -0.05) is 6.07 Å². The van der Waals surface area contributed by atoms with Crippen LogP contribution >= 0.6 is 0 Å². The molecule has 0 aliphatic heterocycles. The van der Waals surface area contributed by atoms with Crippen molar-refractivity contribution in [1.29, 1.82) is 0 Å². The van der Waals surface area contributed by atoms with Gasteiger partial charge in [-0.05, 0) is 18.9 Å². The predicted molar refractivity (Wildman–Crippen MR) is 71.0 cm³/mol. The van der Waals surface area contributed by atoms with Crippen molar-refractivity contribution >= 4 is 5.91 Å². The van der Waals surface area contributed by atoms with Crippen molar-refractivity contribution < 1.29 is 19.0 Å². The summed E-state index contributed by atoms with van der Waals surface area (Å²) in [6.45, 7) is 0. The van der Waals surface area contributed by atoms with Crippen LogP contribution in [0.2, 0.25) is 0 Å². The first-order valence-corrected chi connectivity index (χ1v) is 6.26. The molecule has 1 aromatic rings. The maximum atomic E-state index is 11.8. The van der Waals surface area contributed by atoms with Crippen LogP contribution in [0.25, 0.3) is 0 Å². The highest BCUT2D eigenvalue weighted by Crippen LogP contribution is 2.39. The molecule has 0 aromatic heterocycles. The second-order valence-corrected chi connectivity index (χ2v) is 4.51. The van der Waals surface area contributed by atoms with Crippen LogP contribution in [-0.4, -0.2) is 33.3 Å². The first kappa shape index (κ1) is 13.5. The number of ether oxygens (including phenoxy) is 3. The molecule has 1 fully saturated rings. The third kappa shape index (κ3) is 3.10. The SMILES string of the molecule is COc1ccc(CC(=O)NC2CC2)c(OC)c1OC. The summed E-state index contributed by atoms with van der Waals surface area (Å²) in [5.41, 5.74) is 0.790. The summed E-state index contributed by atoms with van der Waals surface area (Å²) < 4.78 is 15.8. The second-order valence-electron chi connectivity index (χ2n) is 4.51. The lowest BCUT2D eigenvalue weighted by molar-refractivity contribution is -0.120. The minimum Gasteiger partial charge on any atom is -0.493 e. The van der Waals surface area contributed by atoms with Gasteiger partial charge < -0.3 is 19.5 Å². The van der Waals surface area contributed by atoms with Crippen LogP contribution in [-0.2, 0) is 11.2 Å². The zero-order valence-electron chi connectivity index (χ0n) is 11.5. The molecule has 104 valence electrons. The summed E-state index contributed by atoms with van der Waals surface area (Å²) in [5.74, 6) is 1.66. The highest BCUT2D eigenvalue weighted by molar-refractivity contribution is 5.80. The number of carbonyl (C=O) groups is 1. The smallest absolute Gasteiger partial charge is 0.224 e. The lowest BCUT2D eigenvalue weighted by Crippen LogP contribution is -2.27. The van der Waals surface area contributed by atoms with Gasteiger partial charge in [-0.25, -0.2) is 0 Å². The fourth-order valence-corrected chi connectivity index (χ4v) is 1.98. The summed E-state index contributed by atoms with van der Waals surface area (Å²) in [6, 6.07) is 3.96. The molecule has 1 saturated carbocycles. The van der Waals surface area contributed by atoms with E-state index in [0.717, 1.165) is 18.4 Å². The largest absolute Gasteiger partial charge is 0.493 e. The summed E-state index contributed by atoms with van der Waals surface area (Å²) in [7, 11) is 4.67. The van der Waals surface area contributed by atoms with E-state index in [1.165, 1.54) is 0 Å². The van der Waals surface area contributed by atoms with E-state index in [-0.39, 0.29) is 12.3 Å². The van der Waals surface area contributed by atoms with Crippen molar-refractivity contribution in [3.8, 4) is 17.2 Å².